The Kier molecular flexibility index (Phi) is 4.09. The second kappa shape index (κ2) is 6.28. The zero-order valence-electron chi connectivity index (χ0n) is 13.6. The van der Waals surface area contributed by atoms with Crippen molar-refractivity contribution in [2.45, 2.75) is 32.6 Å². The Morgan fingerprint density at radius 1 is 1.24 bits per heavy atom. The third-order valence-electron chi connectivity index (χ3n) is 4.48. The van der Waals surface area contributed by atoms with Crippen molar-refractivity contribution in [1.82, 2.24) is 9.66 Å². The molecule has 0 spiro atoms. The van der Waals surface area contributed by atoms with E-state index < -0.39 is 0 Å². The number of aryl methyl sites for hydroxylation is 3. The van der Waals surface area contributed by atoms with Gasteiger partial charge in [0.2, 0.25) is 0 Å². The summed E-state index contributed by atoms with van der Waals surface area (Å²) >= 11 is 7.45. The van der Waals surface area contributed by atoms with Gasteiger partial charge >= 0.3 is 0 Å². The zero-order valence-corrected chi connectivity index (χ0v) is 15.2. The lowest BCUT2D eigenvalue weighted by Gasteiger charge is -2.13. The molecule has 0 saturated heterocycles. The summed E-state index contributed by atoms with van der Waals surface area (Å²) in [6.45, 7) is 1.72. The fraction of sp³-hybridized carbons (Fsp3) is 0.278. The van der Waals surface area contributed by atoms with Crippen LogP contribution in [0.15, 0.2) is 29.1 Å². The Balaban J connectivity index is 1.78. The van der Waals surface area contributed by atoms with Crippen molar-refractivity contribution in [3.63, 3.8) is 0 Å². The molecule has 5 nitrogen and oxygen atoms in total. The summed E-state index contributed by atoms with van der Waals surface area (Å²) in [5.41, 5.74) is 4.01. The van der Waals surface area contributed by atoms with Crippen molar-refractivity contribution in [3.05, 3.63) is 61.5 Å². The molecule has 0 unspecified atom stereocenters. The Bertz CT molecular complexity index is 1040. The molecule has 1 aliphatic rings. The van der Waals surface area contributed by atoms with Crippen LogP contribution in [0.2, 0.25) is 5.02 Å². The number of carbonyl (C=O) groups is 1. The second-order valence-corrected chi connectivity index (χ2v) is 7.66. The summed E-state index contributed by atoms with van der Waals surface area (Å²) in [5, 5.41) is 1.21. The van der Waals surface area contributed by atoms with Crippen LogP contribution in [0.3, 0.4) is 0 Å². The van der Waals surface area contributed by atoms with E-state index in [1.54, 1.807) is 42.5 Å². The number of hydrogen-bond acceptors (Lipinski definition) is 4. The lowest BCUT2D eigenvalue weighted by Crippen LogP contribution is -2.35. The number of fused-ring (bicyclic) bond motifs is 3. The smallest absolute Gasteiger partial charge is 0.267 e. The summed E-state index contributed by atoms with van der Waals surface area (Å²) in [6, 6.07) is 6.53. The first-order chi connectivity index (χ1) is 12.0. The van der Waals surface area contributed by atoms with E-state index in [2.05, 4.69) is 10.4 Å². The predicted octanol–water partition coefficient (Wildman–Crippen LogP) is 3.68. The molecule has 3 aromatic rings. The monoisotopic (exact) mass is 373 g/mol. The van der Waals surface area contributed by atoms with Crippen LogP contribution in [-0.2, 0) is 12.8 Å². The highest BCUT2D eigenvalue weighted by molar-refractivity contribution is 7.18. The van der Waals surface area contributed by atoms with Crippen LogP contribution in [0.1, 0.15) is 39.5 Å². The highest BCUT2D eigenvalue weighted by Crippen LogP contribution is 2.33. The van der Waals surface area contributed by atoms with E-state index in [9.17, 15) is 9.59 Å². The van der Waals surface area contributed by atoms with Gasteiger partial charge in [0.1, 0.15) is 10.7 Å². The molecule has 2 heterocycles. The van der Waals surface area contributed by atoms with Gasteiger partial charge < -0.3 is 0 Å². The van der Waals surface area contributed by atoms with Crippen LogP contribution in [-0.4, -0.2) is 15.6 Å². The van der Waals surface area contributed by atoms with Crippen molar-refractivity contribution in [2.24, 2.45) is 0 Å². The van der Waals surface area contributed by atoms with E-state index in [4.69, 9.17) is 11.6 Å². The summed E-state index contributed by atoms with van der Waals surface area (Å²) in [6.07, 6.45) is 4.15. The van der Waals surface area contributed by atoms with Crippen molar-refractivity contribution in [3.8, 4) is 0 Å². The van der Waals surface area contributed by atoms with Crippen LogP contribution in [0.4, 0.5) is 0 Å². The van der Waals surface area contributed by atoms with E-state index in [-0.39, 0.29) is 11.5 Å². The maximum Gasteiger partial charge on any atom is 0.281 e. The zero-order chi connectivity index (χ0) is 17.6. The quantitative estimate of drug-likeness (QED) is 0.745. The first-order valence-corrected chi connectivity index (χ1v) is 9.35. The highest BCUT2D eigenvalue weighted by Gasteiger charge is 2.21. The van der Waals surface area contributed by atoms with Crippen molar-refractivity contribution >= 4 is 39.1 Å². The third-order valence-corrected chi connectivity index (χ3v) is 5.91. The summed E-state index contributed by atoms with van der Waals surface area (Å²) < 4.78 is 1.25. The molecule has 0 atom stereocenters. The van der Waals surface area contributed by atoms with E-state index in [0.29, 0.717) is 21.8 Å². The summed E-state index contributed by atoms with van der Waals surface area (Å²) in [5.74, 6) is 0.102. The predicted molar refractivity (Wildman–Crippen MR) is 100 cm³/mol. The molecule has 4 rings (SSSR count). The highest BCUT2D eigenvalue weighted by atomic mass is 35.5. The first-order valence-electron chi connectivity index (χ1n) is 8.15. The minimum Gasteiger partial charge on any atom is -0.267 e. The number of nitrogens with zero attached hydrogens (tertiary/aromatic N) is 2. The van der Waals surface area contributed by atoms with Crippen molar-refractivity contribution in [1.29, 1.82) is 0 Å². The van der Waals surface area contributed by atoms with Crippen LogP contribution in [0.25, 0.3) is 10.2 Å². The standard InChI is InChI=1S/C18H16ClN3O2S/c1-10-20-17-15(13-4-2-3-5-14(13)25-17)18(24)22(10)21-16(23)11-6-8-12(19)9-7-11/h6-9H,2-5H2,1H3,(H,21,23). The molecular formula is C18H16ClN3O2S. The first kappa shape index (κ1) is 16.3. The topological polar surface area (TPSA) is 64.0 Å². The molecule has 0 fully saturated rings. The van der Waals surface area contributed by atoms with Gasteiger partial charge in [-0.15, -0.1) is 11.3 Å². The average molecular weight is 374 g/mol. The van der Waals surface area contributed by atoms with Gasteiger partial charge in [0.15, 0.2) is 0 Å². The lowest BCUT2D eigenvalue weighted by molar-refractivity contribution is 0.101. The molecule has 1 N–H and O–H groups in total. The number of carbonyl (C=O) groups excluding carboxylic acids is 1. The number of hydrogen-bond donors (Lipinski definition) is 1. The molecule has 128 valence electrons. The fourth-order valence-corrected chi connectivity index (χ4v) is 4.63. The summed E-state index contributed by atoms with van der Waals surface area (Å²) in [7, 11) is 0. The van der Waals surface area contributed by atoms with Crippen LogP contribution in [0, 0.1) is 6.92 Å². The van der Waals surface area contributed by atoms with Crippen LogP contribution >= 0.6 is 22.9 Å². The minimum atomic E-state index is -0.368. The van der Waals surface area contributed by atoms with E-state index in [1.165, 1.54) is 9.55 Å². The molecule has 0 aliphatic heterocycles. The van der Waals surface area contributed by atoms with Gasteiger partial charge in [-0.25, -0.2) is 9.66 Å². The molecule has 1 aliphatic carbocycles. The van der Waals surface area contributed by atoms with E-state index in [0.717, 1.165) is 36.1 Å². The number of amides is 1. The number of rotatable bonds is 2. The van der Waals surface area contributed by atoms with Gasteiger partial charge in [-0.3, -0.25) is 15.0 Å². The SMILES string of the molecule is Cc1nc2sc3c(c2c(=O)n1NC(=O)c1ccc(Cl)cc1)CCCC3. The van der Waals surface area contributed by atoms with Gasteiger partial charge in [0.25, 0.3) is 11.5 Å². The minimum absolute atomic E-state index is 0.204. The van der Waals surface area contributed by atoms with Crippen LogP contribution in [0.5, 0.6) is 0 Å². The van der Waals surface area contributed by atoms with Gasteiger partial charge in [0.05, 0.1) is 5.39 Å². The van der Waals surface area contributed by atoms with E-state index in [1.807, 2.05) is 0 Å². The average Bonchev–Trinajstić information content (AvgIpc) is 2.97. The van der Waals surface area contributed by atoms with Gasteiger partial charge in [-0.2, -0.15) is 0 Å². The lowest BCUT2D eigenvalue weighted by atomic mass is 9.97. The molecule has 7 heteroatoms. The third kappa shape index (κ3) is 2.85. The molecule has 0 radical (unpaired) electrons. The Hall–Kier alpha value is -2.18. The van der Waals surface area contributed by atoms with Gasteiger partial charge in [-0.05, 0) is 62.4 Å². The molecule has 1 aromatic carbocycles. The number of halogens is 1. The van der Waals surface area contributed by atoms with Crippen LogP contribution < -0.4 is 11.0 Å². The Morgan fingerprint density at radius 2 is 1.96 bits per heavy atom. The molecule has 25 heavy (non-hydrogen) atoms. The second-order valence-electron chi connectivity index (χ2n) is 6.14. The van der Waals surface area contributed by atoms with Crippen molar-refractivity contribution in [2.75, 3.05) is 5.43 Å². The fourth-order valence-electron chi connectivity index (χ4n) is 3.21. The molecule has 2 aromatic heterocycles. The maximum atomic E-state index is 13.0. The molecule has 0 bridgehead atoms. The Labute approximate surface area is 153 Å². The largest absolute Gasteiger partial charge is 0.281 e. The number of thiophene rings is 1. The molecule has 0 saturated carbocycles. The van der Waals surface area contributed by atoms with E-state index >= 15 is 0 Å². The number of nitrogens with one attached hydrogen (secondary N) is 1. The molecule has 1 amide bonds. The number of benzene rings is 1. The normalized spacial score (nSPS) is 13.7. The maximum absolute atomic E-state index is 13.0. The van der Waals surface area contributed by atoms with Gasteiger partial charge in [-0.1, -0.05) is 11.6 Å². The Morgan fingerprint density at radius 3 is 2.72 bits per heavy atom. The van der Waals surface area contributed by atoms with Gasteiger partial charge in [0, 0.05) is 15.5 Å². The van der Waals surface area contributed by atoms with Crippen molar-refractivity contribution < 1.29 is 4.79 Å². The summed E-state index contributed by atoms with van der Waals surface area (Å²) in [4.78, 5) is 32.0. The molecular weight excluding hydrogens is 358 g/mol. The number of aromatic nitrogens is 2.